The summed E-state index contributed by atoms with van der Waals surface area (Å²) in [5.74, 6) is 0.270. The lowest BCUT2D eigenvalue weighted by Gasteiger charge is -2.28. The summed E-state index contributed by atoms with van der Waals surface area (Å²) in [4.78, 5) is 29.9. The Balaban J connectivity index is 2.10. The second-order valence-electron chi connectivity index (χ2n) is 8.38. The Morgan fingerprint density at radius 2 is 0.938 bits per heavy atom. The van der Waals surface area contributed by atoms with Crippen molar-refractivity contribution in [3.63, 3.8) is 0 Å². The summed E-state index contributed by atoms with van der Waals surface area (Å²) < 4.78 is 0. The zero-order valence-corrected chi connectivity index (χ0v) is 20.0. The summed E-state index contributed by atoms with van der Waals surface area (Å²) in [5.41, 5.74) is 1.80. The van der Waals surface area contributed by atoms with E-state index in [9.17, 15) is 9.59 Å². The molecule has 0 unspecified atom stereocenters. The van der Waals surface area contributed by atoms with Crippen LogP contribution >= 0.6 is 0 Å². The highest BCUT2D eigenvalue weighted by molar-refractivity contribution is 5.95. The quantitative estimate of drug-likeness (QED) is 0.282. The topological polar surface area (TPSA) is 40.6 Å². The average molecular weight is 437 g/mol. The molecular formula is C28H40N2O2. The Labute approximate surface area is 194 Å². The minimum Gasteiger partial charge on any atom is -0.311 e. The van der Waals surface area contributed by atoms with Gasteiger partial charge in [0.25, 0.3) is 0 Å². The highest BCUT2D eigenvalue weighted by atomic mass is 16.2. The van der Waals surface area contributed by atoms with E-state index in [2.05, 4.69) is 13.8 Å². The molecule has 4 nitrogen and oxygen atoms in total. The standard InChI is InChI=1S/C28H40N2O2/c1-3-5-7-15-21-27(31)29(25-17-11-9-12-18-25)23-24-30(26-19-13-10-14-20-26)28(32)22-16-8-6-4-2/h9-14,17-20H,3-8,15-16,21-24H2,1-2H3. The van der Waals surface area contributed by atoms with Gasteiger partial charge in [-0.05, 0) is 37.1 Å². The molecule has 0 aliphatic carbocycles. The van der Waals surface area contributed by atoms with Gasteiger partial charge in [0, 0.05) is 37.3 Å². The number of carbonyl (C=O) groups excluding carboxylic acids is 2. The molecule has 0 aliphatic rings. The first kappa shape index (κ1) is 25.6. The van der Waals surface area contributed by atoms with Gasteiger partial charge in [-0.15, -0.1) is 0 Å². The van der Waals surface area contributed by atoms with E-state index < -0.39 is 0 Å². The van der Waals surface area contributed by atoms with Crippen LogP contribution in [0.5, 0.6) is 0 Å². The predicted octanol–water partition coefficient (Wildman–Crippen LogP) is 6.99. The summed E-state index contributed by atoms with van der Waals surface area (Å²) >= 11 is 0. The van der Waals surface area contributed by atoms with Crippen molar-refractivity contribution in [1.29, 1.82) is 0 Å². The van der Waals surface area contributed by atoms with E-state index >= 15 is 0 Å². The SMILES string of the molecule is CCCCCCC(=O)N(CCN(C(=O)CCCCCC)c1ccccc1)c1ccccc1. The van der Waals surface area contributed by atoms with Crippen molar-refractivity contribution in [2.75, 3.05) is 22.9 Å². The molecule has 0 bridgehead atoms. The lowest BCUT2D eigenvalue weighted by Crippen LogP contribution is -2.41. The van der Waals surface area contributed by atoms with Gasteiger partial charge >= 0.3 is 0 Å². The van der Waals surface area contributed by atoms with E-state index in [1.54, 1.807) is 0 Å². The molecule has 0 saturated carbocycles. The fourth-order valence-corrected chi connectivity index (χ4v) is 3.89. The Morgan fingerprint density at radius 3 is 1.28 bits per heavy atom. The molecule has 0 N–H and O–H groups in total. The van der Waals surface area contributed by atoms with Crippen LogP contribution in [0.3, 0.4) is 0 Å². The first-order valence-electron chi connectivity index (χ1n) is 12.4. The van der Waals surface area contributed by atoms with Crippen molar-refractivity contribution in [3.05, 3.63) is 60.7 Å². The van der Waals surface area contributed by atoms with E-state index in [1.165, 1.54) is 0 Å². The number of unbranched alkanes of at least 4 members (excludes halogenated alkanes) is 6. The smallest absolute Gasteiger partial charge is 0.227 e. The number of amides is 2. The number of hydrogen-bond acceptors (Lipinski definition) is 2. The van der Waals surface area contributed by atoms with E-state index in [4.69, 9.17) is 0 Å². The van der Waals surface area contributed by atoms with Gasteiger partial charge in [0.05, 0.1) is 0 Å². The molecule has 4 heteroatoms. The predicted molar refractivity (Wildman–Crippen MR) is 135 cm³/mol. The van der Waals surface area contributed by atoms with Gasteiger partial charge in [0.1, 0.15) is 0 Å². The highest BCUT2D eigenvalue weighted by Crippen LogP contribution is 2.19. The number of para-hydroxylation sites is 2. The van der Waals surface area contributed by atoms with Crippen LogP contribution in [0.15, 0.2) is 60.7 Å². The van der Waals surface area contributed by atoms with Crippen LogP contribution in [-0.2, 0) is 9.59 Å². The van der Waals surface area contributed by atoms with Crippen LogP contribution < -0.4 is 9.80 Å². The molecule has 0 spiro atoms. The van der Waals surface area contributed by atoms with Crippen molar-refractivity contribution in [1.82, 2.24) is 0 Å². The fraction of sp³-hybridized carbons (Fsp3) is 0.500. The molecule has 0 saturated heterocycles. The largest absolute Gasteiger partial charge is 0.311 e. The Bertz CT molecular complexity index is 709. The molecule has 2 amide bonds. The molecule has 2 rings (SSSR count). The van der Waals surface area contributed by atoms with E-state index in [0.29, 0.717) is 25.9 Å². The van der Waals surface area contributed by atoms with E-state index in [0.717, 1.165) is 62.7 Å². The van der Waals surface area contributed by atoms with Crippen LogP contribution in [0.25, 0.3) is 0 Å². The summed E-state index contributed by atoms with van der Waals surface area (Å²) in [6.07, 6.45) is 9.71. The number of hydrogen-bond donors (Lipinski definition) is 0. The van der Waals surface area contributed by atoms with Gasteiger partial charge < -0.3 is 9.80 Å². The Hall–Kier alpha value is -2.62. The first-order valence-corrected chi connectivity index (χ1v) is 12.4. The highest BCUT2D eigenvalue weighted by Gasteiger charge is 2.20. The molecular weight excluding hydrogens is 396 g/mol. The van der Waals surface area contributed by atoms with Gasteiger partial charge in [0.15, 0.2) is 0 Å². The first-order chi connectivity index (χ1) is 15.7. The average Bonchev–Trinajstić information content (AvgIpc) is 2.83. The summed E-state index contributed by atoms with van der Waals surface area (Å²) in [6.45, 7) is 5.34. The Kier molecular flexibility index (Phi) is 12.2. The normalized spacial score (nSPS) is 10.7. The van der Waals surface area contributed by atoms with Crippen LogP contribution in [0.2, 0.25) is 0 Å². The second-order valence-corrected chi connectivity index (χ2v) is 8.38. The van der Waals surface area contributed by atoms with E-state index in [1.807, 2.05) is 70.5 Å². The minimum atomic E-state index is 0.135. The number of benzene rings is 2. The molecule has 0 radical (unpaired) electrons. The summed E-state index contributed by atoms with van der Waals surface area (Å²) in [6, 6.07) is 19.7. The number of carbonyl (C=O) groups is 2. The molecule has 2 aromatic carbocycles. The molecule has 32 heavy (non-hydrogen) atoms. The molecule has 0 heterocycles. The van der Waals surface area contributed by atoms with Gasteiger partial charge in [0.2, 0.25) is 11.8 Å². The second kappa shape index (κ2) is 15.2. The van der Waals surface area contributed by atoms with Crippen molar-refractivity contribution >= 4 is 23.2 Å². The van der Waals surface area contributed by atoms with Gasteiger partial charge in [-0.3, -0.25) is 9.59 Å². The van der Waals surface area contributed by atoms with Gasteiger partial charge in [-0.25, -0.2) is 0 Å². The summed E-state index contributed by atoms with van der Waals surface area (Å²) in [7, 11) is 0. The van der Waals surface area contributed by atoms with Crippen LogP contribution in [-0.4, -0.2) is 24.9 Å². The number of nitrogens with zero attached hydrogens (tertiary/aromatic N) is 2. The Morgan fingerprint density at radius 1 is 0.562 bits per heavy atom. The molecule has 0 aromatic heterocycles. The zero-order valence-electron chi connectivity index (χ0n) is 20.0. The zero-order chi connectivity index (χ0) is 23.0. The van der Waals surface area contributed by atoms with Crippen molar-refractivity contribution < 1.29 is 9.59 Å². The van der Waals surface area contributed by atoms with Crippen LogP contribution in [0.4, 0.5) is 11.4 Å². The lowest BCUT2D eigenvalue weighted by molar-refractivity contribution is -0.120. The maximum Gasteiger partial charge on any atom is 0.227 e. The third kappa shape index (κ3) is 8.86. The monoisotopic (exact) mass is 436 g/mol. The number of anilines is 2. The van der Waals surface area contributed by atoms with E-state index in [-0.39, 0.29) is 11.8 Å². The van der Waals surface area contributed by atoms with Crippen molar-refractivity contribution in [2.24, 2.45) is 0 Å². The number of rotatable bonds is 15. The molecule has 2 aromatic rings. The van der Waals surface area contributed by atoms with Gasteiger partial charge in [-0.1, -0.05) is 88.8 Å². The van der Waals surface area contributed by atoms with Gasteiger partial charge in [-0.2, -0.15) is 0 Å². The fourth-order valence-electron chi connectivity index (χ4n) is 3.89. The van der Waals surface area contributed by atoms with Crippen molar-refractivity contribution in [2.45, 2.75) is 78.1 Å². The third-order valence-corrected chi connectivity index (χ3v) is 5.77. The maximum absolute atomic E-state index is 13.1. The van der Waals surface area contributed by atoms with Crippen LogP contribution in [0, 0.1) is 0 Å². The van der Waals surface area contributed by atoms with Crippen LogP contribution in [0.1, 0.15) is 78.1 Å². The molecule has 0 fully saturated rings. The maximum atomic E-state index is 13.1. The molecule has 0 atom stereocenters. The summed E-state index contributed by atoms with van der Waals surface area (Å²) in [5, 5.41) is 0. The van der Waals surface area contributed by atoms with Crippen molar-refractivity contribution in [3.8, 4) is 0 Å². The molecule has 174 valence electrons. The minimum absolute atomic E-state index is 0.135. The molecule has 0 aliphatic heterocycles. The lowest BCUT2D eigenvalue weighted by atomic mass is 10.1. The third-order valence-electron chi connectivity index (χ3n) is 5.77.